The van der Waals surface area contributed by atoms with Crippen molar-refractivity contribution in [3.63, 3.8) is 0 Å². The zero-order valence-electron chi connectivity index (χ0n) is 12.4. The average Bonchev–Trinajstić information content (AvgIpc) is 2.45. The van der Waals surface area contributed by atoms with Crippen molar-refractivity contribution in [2.75, 3.05) is 34.4 Å². The number of piperidine rings is 1. The first-order chi connectivity index (χ1) is 9.65. The van der Waals surface area contributed by atoms with Gasteiger partial charge in [-0.3, -0.25) is 0 Å². The van der Waals surface area contributed by atoms with Crippen LogP contribution < -0.4 is 14.8 Å². The predicted molar refractivity (Wildman–Crippen MR) is 81.9 cm³/mol. The van der Waals surface area contributed by atoms with Crippen LogP contribution in [0.3, 0.4) is 0 Å². The largest absolute Gasteiger partial charge is 0.493 e. The number of methoxy groups -OCH3 is 2. The van der Waals surface area contributed by atoms with E-state index in [1.807, 2.05) is 12.1 Å². The van der Waals surface area contributed by atoms with Crippen LogP contribution in [0.1, 0.15) is 18.4 Å². The molecule has 20 heavy (non-hydrogen) atoms. The monoisotopic (exact) mass is 298 g/mol. The topological polar surface area (TPSA) is 33.7 Å². The first kappa shape index (κ1) is 15.4. The lowest BCUT2D eigenvalue weighted by Crippen LogP contribution is -2.43. The second kappa shape index (κ2) is 7.16. The van der Waals surface area contributed by atoms with Gasteiger partial charge in [-0.1, -0.05) is 17.7 Å². The summed E-state index contributed by atoms with van der Waals surface area (Å²) in [4.78, 5) is 2.36. The van der Waals surface area contributed by atoms with Crippen molar-refractivity contribution in [2.45, 2.75) is 25.4 Å². The highest BCUT2D eigenvalue weighted by molar-refractivity contribution is 6.33. The Balaban J connectivity index is 2.02. The van der Waals surface area contributed by atoms with Crippen LogP contribution in [-0.4, -0.2) is 45.3 Å². The molecule has 0 saturated carbocycles. The van der Waals surface area contributed by atoms with Gasteiger partial charge in [-0.05, 0) is 38.1 Å². The van der Waals surface area contributed by atoms with E-state index in [0.29, 0.717) is 22.6 Å². The van der Waals surface area contributed by atoms with Gasteiger partial charge in [0, 0.05) is 19.1 Å². The van der Waals surface area contributed by atoms with Crippen molar-refractivity contribution in [1.29, 1.82) is 0 Å². The molecule has 0 amide bonds. The van der Waals surface area contributed by atoms with Gasteiger partial charge in [0.1, 0.15) is 0 Å². The van der Waals surface area contributed by atoms with Crippen LogP contribution in [0, 0.1) is 0 Å². The van der Waals surface area contributed by atoms with Crippen LogP contribution in [0.2, 0.25) is 5.02 Å². The van der Waals surface area contributed by atoms with Gasteiger partial charge in [0.2, 0.25) is 0 Å². The Morgan fingerprint density at radius 3 is 2.80 bits per heavy atom. The number of nitrogens with zero attached hydrogens (tertiary/aromatic N) is 1. The molecule has 1 heterocycles. The number of hydrogen-bond donors (Lipinski definition) is 1. The zero-order chi connectivity index (χ0) is 14.5. The Bertz CT molecular complexity index is 454. The van der Waals surface area contributed by atoms with Crippen molar-refractivity contribution in [3.05, 3.63) is 22.7 Å². The molecular weight excluding hydrogens is 276 g/mol. The molecule has 0 aliphatic carbocycles. The Labute approximate surface area is 126 Å². The third-order valence-corrected chi connectivity index (χ3v) is 4.19. The Hall–Kier alpha value is -0.970. The molecule has 1 aliphatic heterocycles. The summed E-state index contributed by atoms with van der Waals surface area (Å²) in [6.45, 7) is 3.03. The number of nitrogens with one attached hydrogen (secondary N) is 1. The first-order valence-corrected chi connectivity index (χ1v) is 7.34. The van der Waals surface area contributed by atoms with E-state index in [4.69, 9.17) is 21.1 Å². The lowest BCUT2D eigenvalue weighted by atomic mass is 10.1. The maximum absolute atomic E-state index is 6.38. The van der Waals surface area contributed by atoms with E-state index < -0.39 is 0 Å². The molecule has 0 spiro atoms. The van der Waals surface area contributed by atoms with Crippen LogP contribution in [-0.2, 0) is 6.54 Å². The van der Waals surface area contributed by atoms with E-state index in [0.717, 1.165) is 18.7 Å². The van der Waals surface area contributed by atoms with Gasteiger partial charge in [-0.15, -0.1) is 0 Å². The molecular formula is C15H23ClN2O2. The second-order valence-corrected chi connectivity index (χ2v) is 5.63. The number of hydrogen-bond acceptors (Lipinski definition) is 4. The summed E-state index contributed by atoms with van der Waals surface area (Å²) in [7, 11) is 5.39. The van der Waals surface area contributed by atoms with E-state index in [9.17, 15) is 0 Å². The molecule has 0 aromatic heterocycles. The lowest BCUT2D eigenvalue weighted by Gasteiger charge is -2.30. The van der Waals surface area contributed by atoms with Gasteiger partial charge in [0.05, 0.1) is 19.2 Å². The molecule has 1 fully saturated rings. The van der Waals surface area contributed by atoms with Crippen molar-refractivity contribution in [3.8, 4) is 11.5 Å². The molecule has 4 nitrogen and oxygen atoms in total. The molecule has 0 bridgehead atoms. The molecule has 112 valence electrons. The summed E-state index contributed by atoms with van der Waals surface area (Å²) in [5.41, 5.74) is 1.04. The minimum atomic E-state index is 0.526. The van der Waals surface area contributed by atoms with Crippen LogP contribution in [0.15, 0.2) is 12.1 Å². The van der Waals surface area contributed by atoms with Gasteiger partial charge in [0.15, 0.2) is 11.5 Å². The highest BCUT2D eigenvalue weighted by atomic mass is 35.5. The fourth-order valence-electron chi connectivity index (χ4n) is 2.65. The minimum Gasteiger partial charge on any atom is -0.493 e. The van der Waals surface area contributed by atoms with Crippen molar-refractivity contribution < 1.29 is 9.47 Å². The van der Waals surface area contributed by atoms with Crippen LogP contribution >= 0.6 is 11.6 Å². The standard InChI is InChI=1S/C15H23ClN2O2/c1-18-8-4-5-12(10-18)17-9-11-6-7-13(19-2)15(20-3)14(11)16/h6-7,12,17H,4-5,8-10H2,1-3H3/t12-/m1/s1. The summed E-state index contributed by atoms with van der Waals surface area (Å²) in [5.74, 6) is 1.27. The van der Waals surface area contributed by atoms with Crippen molar-refractivity contribution in [2.24, 2.45) is 0 Å². The molecule has 1 aromatic carbocycles. The number of benzene rings is 1. The van der Waals surface area contributed by atoms with Gasteiger partial charge in [-0.2, -0.15) is 0 Å². The minimum absolute atomic E-state index is 0.526. The van der Waals surface area contributed by atoms with Gasteiger partial charge in [0.25, 0.3) is 0 Å². The summed E-state index contributed by atoms with van der Waals surface area (Å²) in [5, 5.41) is 4.20. The number of likely N-dealkylation sites (N-methyl/N-ethyl adjacent to an activating group) is 1. The average molecular weight is 299 g/mol. The quantitative estimate of drug-likeness (QED) is 0.906. The molecule has 1 N–H and O–H groups in total. The molecule has 0 unspecified atom stereocenters. The summed E-state index contributed by atoms with van der Waals surface area (Å²) >= 11 is 6.38. The predicted octanol–water partition coefficient (Wildman–Crippen LogP) is 2.54. The fourth-order valence-corrected chi connectivity index (χ4v) is 2.95. The molecule has 1 aromatic rings. The van der Waals surface area contributed by atoms with Crippen molar-refractivity contribution in [1.82, 2.24) is 10.2 Å². The maximum atomic E-state index is 6.38. The lowest BCUT2D eigenvalue weighted by molar-refractivity contribution is 0.226. The molecule has 5 heteroatoms. The maximum Gasteiger partial charge on any atom is 0.179 e. The smallest absolute Gasteiger partial charge is 0.179 e. The van der Waals surface area contributed by atoms with Crippen LogP contribution in [0.4, 0.5) is 0 Å². The Morgan fingerprint density at radius 1 is 1.35 bits per heavy atom. The SMILES string of the molecule is COc1ccc(CN[C@@H]2CCCN(C)C2)c(Cl)c1OC. The van der Waals surface area contributed by atoms with Gasteiger partial charge < -0.3 is 19.7 Å². The summed E-state index contributed by atoms with van der Waals surface area (Å²) < 4.78 is 10.6. The number of likely N-dealkylation sites (tertiary alicyclic amines) is 1. The molecule has 1 atom stereocenters. The van der Waals surface area contributed by atoms with E-state index in [-0.39, 0.29) is 0 Å². The van der Waals surface area contributed by atoms with Gasteiger partial charge in [-0.25, -0.2) is 0 Å². The number of halogens is 1. The van der Waals surface area contributed by atoms with Gasteiger partial charge >= 0.3 is 0 Å². The third-order valence-electron chi connectivity index (χ3n) is 3.77. The summed E-state index contributed by atoms with van der Waals surface area (Å²) in [6, 6.07) is 4.41. The van der Waals surface area contributed by atoms with E-state index in [2.05, 4.69) is 17.3 Å². The molecule has 0 radical (unpaired) electrons. The second-order valence-electron chi connectivity index (χ2n) is 5.26. The fraction of sp³-hybridized carbons (Fsp3) is 0.600. The Morgan fingerprint density at radius 2 is 2.15 bits per heavy atom. The summed E-state index contributed by atoms with van der Waals surface area (Å²) in [6.07, 6.45) is 2.46. The van der Waals surface area contributed by atoms with Crippen molar-refractivity contribution >= 4 is 11.6 Å². The van der Waals surface area contributed by atoms with E-state index in [1.54, 1.807) is 14.2 Å². The normalized spacial score (nSPS) is 19.9. The number of rotatable bonds is 5. The highest BCUT2D eigenvalue weighted by Crippen LogP contribution is 2.37. The van der Waals surface area contributed by atoms with E-state index >= 15 is 0 Å². The highest BCUT2D eigenvalue weighted by Gasteiger charge is 2.18. The Kier molecular flexibility index (Phi) is 5.52. The van der Waals surface area contributed by atoms with E-state index in [1.165, 1.54) is 19.4 Å². The van der Waals surface area contributed by atoms with Crippen LogP contribution in [0.5, 0.6) is 11.5 Å². The molecule has 2 rings (SSSR count). The molecule has 1 saturated heterocycles. The third kappa shape index (κ3) is 3.57. The van der Waals surface area contributed by atoms with Crippen LogP contribution in [0.25, 0.3) is 0 Å². The molecule has 1 aliphatic rings. The zero-order valence-corrected chi connectivity index (χ0v) is 13.2. The first-order valence-electron chi connectivity index (χ1n) is 6.97. The number of ether oxygens (including phenoxy) is 2.